The average molecular weight is 288 g/mol. The standard InChI is InChI=1S/C15H20N4O2/c1-9-14(10(2)19(3)18-9)15(20)17-8-11-7-12(16)5-6-13(11)21-4/h5-7H,8,16H2,1-4H3,(H,17,20). The van der Waals surface area contributed by atoms with Crippen molar-refractivity contribution in [1.82, 2.24) is 15.1 Å². The number of nitrogens with one attached hydrogen (secondary N) is 1. The highest BCUT2D eigenvalue weighted by Gasteiger charge is 2.17. The minimum atomic E-state index is -0.150. The van der Waals surface area contributed by atoms with Gasteiger partial charge in [0.2, 0.25) is 0 Å². The van der Waals surface area contributed by atoms with Crippen LogP contribution < -0.4 is 15.8 Å². The number of ether oxygens (including phenoxy) is 1. The second kappa shape index (κ2) is 5.87. The number of methoxy groups -OCH3 is 1. The molecule has 1 aromatic carbocycles. The predicted octanol–water partition coefficient (Wildman–Crippen LogP) is 1.56. The molecule has 0 saturated carbocycles. The minimum Gasteiger partial charge on any atom is -0.496 e. The molecule has 3 N–H and O–H groups in total. The Morgan fingerprint density at radius 1 is 1.43 bits per heavy atom. The van der Waals surface area contributed by atoms with E-state index in [-0.39, 0.29) is 5.91 Å². The maximum absolute atomic E-state index is 12.3. The first-order chi connectivity index (χ1) is 9.93. The van der Waals surface area contributed by atoms with Crippen molar-refractivity contribution >= 4 is 11.6 Å². The van der Waals surface area contributed by atoms with Crippen molar-refractivity contribution in [3.8, 4) is 5.75 Å². The van der Waals surface area contributed by atoms with Crippen LogP contribution >= 0.6 is 0 Å². The van der Waals surface area contributed by atoms with Gasteiger partial charge in [0, 0.05) is 30.5 Å². The molecule has 2 rings (SSSR count). The predicted molar refractivity (Wildman–Crippen MR) is 81.3 cm³/mol. The summed E-state index contributed by atoms with van der Waals surface area (Å²) in [6.07, 6.45) is 0. The SMILES string of the molecule is COc1ccc(N)cc1CNC(=O)c1c(C)nn(C)c1C. The molecule has 1 aromatic heterocycles. The van der Waals surface area contributed by atoms with E-state index in [9.17, 15) is 4.79 Å². The number of aromatic nitrogens is 2. The number of aryl methyl sites for hydroxylation is 2. The number of hydrogen-bond acceptors (Lipinski definition) is 4. The number of nitrogen functional groups attached to an aromatic ring is 1. The van der Waals surface area contributed by atoms with Gasteiger partial charge < -0.3 is 15.8 Å². The molecule has 112 valence electrons. The number of hydrogen-bond donors (Lipinski definition) is 2. The van der Waals surface area contributed by atoms with E-state index in [0.29, 0.717) is 29.2 Å². The maximum Gasteiger partial charge on any atom is 0.255 e. The van der Waals surface area contributed by atoms with Crippen molar-refractivity contribution in [2.75, 3.05) is 12.8 Å². The smallest absolute Gasteiger partial charge is 0.255 e. The lowest BCUT2D eigenvalue weighted by Crippen LogP contribution is -2.24. The van der Waals surface area contributed by atoms with E-state index in [2.05, 4.69) is 10.4 Å². The molecule has 0 aliphatic carbocycles. The van der Waals surface area contributed by atoms with Crippen LogP contribution in [0.3, 0.4) is 0 Å². The number of carbonyl (C=O) groups is 1. The van der Waals surface area contributed by atoms with E-state index in [0.717, 1.165) is 11.3 Å². The fourth-order valence-electron chi connectivity index (χ4n) is 2.30. The van der Waals surface area contributed by atoms with Crippen LogP contribution in [-0.4, -0.2) is 22.8 Å². The molecule has 1 heterocycles. The monoisotopic (exact) mass is 288 g/mol. The second-order valence-electron chi connectivity index (χ2n) is 4.92. The lowest BCUT2D eigenvalue weighted by molar-refractivity contribution is 0.0949. The quantitative estimate of drug-likeness (QED) is 0.836. The Bertz CT molecular complexity index is 677. The van der Waals surface area contributed by atoms with Crippen molar-refractivity contribution < 1.29 is 9.53 Å². The summed E-state index contributed by atoms with van der Waals surface area (Å²) in [6, 6.07) is 5.35. The van der Waals surface area contributed by atoms with Crippen molar-refractivity contribution in [2.45, 2.75) is 20.4 Å². The summed E-state index contributed by atoms with van der Waals surface area (Å²) in [6.45, 7) is 4.04. The molecule has 0 atom stereocenters. The Kier molecular flexibility index (Phi) is 4.16. The van der Waals surface area contributed by atoms with Crippen LogP contribution in [0.2, 0.25) is 0 Å². The van der Waals surface area contributed by atoms with Crippen molar-refractivity contribution in [1.29, 1.82) is 0 Å². The van der Waals surface area contributed by atoms with Gasteiger partial charge in [-0.1, -0.05) is 0 Å². The molecular formula is C15H20N4O2. The molecule has 0 spiro atoms. The van der Waals surface area contributed by atoms with Gasteiger partial charge in [-0.25, -0.2) is 0 Å². The van der Waals surface area contributed by atoms with Crippen LogP contribution in [0.15, 0.2) is 18.2 Å². The van der Waals surface area contributed by atoms with Crippen LogP contribution in [-0.2, 0) is 13.6 Å². The molecule has 0 radical (unpaired) electrons. The summed E-state index contributed by atoms with van der Waals surface area (Å²) in [7, 11) is 3.41. The van der Waals surface area contributed by atoms with Gasteiger partial charge >= 0.3 is 0 Å². The first kappa shape index (κ1) is 14.9. The zero-order valence-electron chi connectivity index (χ0n) is 12.7. The van der Waals surface area contributed by atoms with Crippen LogP contribution in [0.5, 0.6) is 5.75 Å². The first-order valence-electron chi connectivity index (χ1n) is 6.64. The highest BCUT2D eigenvalue weighted by molar-refractivity contribution is 5.96. The number of benzene rings is 1. The minimum absolute atomic E-state index is 0.150. The van der Waals surface area contributed by atoms with Crippen LogP contribution in [0, 0.1) is 13.8 Å². The molecule has 0 aliphatic rings. The summed E-state index contributed by atoms with van der Waals surface area (Å²) in [5.74, 6) is 0.548. The van der Waals surface area contributed by atoms with Gasteiger partial charge in [0.15, 0.2) is 0 Å². The maximum atomic E-state index is 12.3. The van der Waals surface area contributed by atoms with Crippen LogP contribution in [0.25, 0.3) is 0 Å². The number of amides is 1. The molecule has 6 heteroatoms. The molecule has 2 aromatic rings. The molecule has 21 heavy (non-hydrogen) atoms. The number of anilines is 1. The van der Waals surface area contributed by atoms with Gasteiger partial charge in [0.25, 0.3) is 5.91 Å². The Hall–Kier alpha value is -2.50. The zero-order valence-corrected chi connectivity index (χ0v) is 12.7. The molecule has 0 saturated heterocycles. The van der Waals surface area contributed by atoms with Gasteiger partial charge in [0.1, 0.15) is 5.75 Å². The third kappa shape index (κ3) is 2.99. The normalized spacial score (nSPS) is 10.5. The van der Waals surface area contributed by atoms with Crippen molar-refractivity contribution in [3.63, 3.8) is 0 Å². The van der Waals surface area contributed by atoms with Crippen molar-refractivity contribution in [3.05, 3.63) is 40.7 Å². The third-order valence-electron chi connectivity index (χ3n) is 3.48. The van der Waals surface area contributed by atoms with Crippen LogP contribution in [0.4, 0.5) is 5.69 Å². The summed E-state index contributed by atoms with van der Waals surface area (Å²) in [4.78, 5) is 12.3. The van der Waals surface area contributed by atoms with Gasteiger partial charge in [-0.3, -0.25) is 9.48 Å². The fourth-order valence-corrected chi connectivity index (χ4v) is 2.30. The Labute approximate surface area is 123 Å². The first-order valence-corrected chi connectivity index (χ1v) is 6.64. The molecule has 1 amide bonds. The Morgan fingerprint density at radius 2 is 2.14 bits per heavy atom. The van der Waals surface area contributed by atoms with E-state index in [1.165, 1.54) is 0 Å². The average Bonchev–Trinajstić information content (AvgIpc) is 2.70. The molecule has 0 bridgehead atoms. The fraction of sp³-hybridized carbons (Fsp3) is 0.333. The van der Waals surface area contributed by atoms with Gasteiger partial charge in [-0.05, 0) is 32.0 Å². The molecule has 0 aliphatic heterocycles. The van der Waals surface area contributed by atoms with Gasteiger partial charge in [-0.2, -0.15) is 5.10 Å². The zero-order chi connectivity index (χ0) is 15.6. The number of nitrogens with zero attached hydrogens (tertiary/aromatic N) is 2. The third-order valence-corrected chi connectivity index (χ3v) is 3.48. The van der Waals surface area contributed by atoms with E-state index in [4.69, 9.17) is 10.5 Å². The topological polar surface area (TPSA) is 82.2 Å². The lowest BCUT2D eigenvalue weighted by atomic mass is 10.1. The molecule has 0 unspecified atom stereocenters. The van der Waals surface area contributed by atoms with Crippen LogP contribution in [0.1, 0.15) is 27.3 Å². The highest BCUT2D eigenvalue weighted by atomic mass is 16.5. The largest absolute Gasteiger partial charge is 0.496 e. The van der Waals surface area contributed by atoms with Gasteiger partial charge in [-0.15, -0.1) is 0 Å². The summed E-state index contributed by atoms with van der Waals surface area (Å²) in [5.41, 5.74) is 9.40. The van der Waals surface area contributed by atoms with E-state index in [1.807, 2.05) is 20.9 Å². The number of nitrogens with two attached hydrogens (primary N) is 1. The van der Waals surface area contributed by atoms with Crippen molar-refractivity contribution in [2.24, 2.45) is 7.05 Å². The molecular weight excluding hydrogens is 268 g/mol. The van der Waals surface area contributed by atoms with E-state index >= 15 is 0 Å². The summed E-state index contributed by atoms with van der Waals surface area (Å²) in [5, 5.41) is 7.13. The summed E-state index contributed by atoms with van der Waals surface area (Å²) >= 11 is 0. The van der Waals surface area contributed by atoms with E-state index in [1.54, 1.807) is 30.0 Å². The molecule has 6 nitrogen and oxygen atoms in total. The van der Waals surface area contributed by atoms with E-state index < -0.39 is 0 Å². The molecule has 0 fully saturated rings. The Morgan fingerprint density at radius 3 is 2.71 bits per heavy atom. The summed E-state index contributed by atoms with van der Waals surface area (Å²) < 4.78 is 6.97. The Balaban J connectivity index is 2.16. The number of rotatable bonds is 4. The lowest BCUT2D eigenvalue weighted by Gasteiger charge is -2.11. The highest BCUT2D eigenvalue weighted by Crippen LogP contribution is 2.21. The van der Waals surface area contributed by atoms with Gasteiger partial charge in [0.05, 0.1) is 18.4 Å². The number of carbonyl (C=O) groups excluding carboxylic acids is 1. The second-order valence-corrected chi connectivity index (χ2v) is 4.92.